The zero-order valence-electron chi connectivity index (χ0n) is 15.7. The highest BCUT2D eigenvalue weighted by atomic mass is 16.6. The summed E-state index contributed by atoms with van der Waals surface area (Å²) >= 11 is 0. The Balaban J connectivity index is 1.62. The number of aromatic nitrogens is 4. The maximum absolute atomic E-state index is 10.8. The predicted octanol–water partition coefficient (Wildman–Crippen LogP) is 2.23. The molecule has 2 heterocycles. The van der Waals surface area contributed by atoms with Gasteiger partial charge in [-0.3, -0.25) is 10.1 Å². The Labute approximate surface area is 170 Å². The van der Waals surface area contributed by atoms with E-state index in [-0.39, 0.29) is 5.69 Å². The number of rotatable bonds is 7. The number of nitro benzene ring substituents is 1. The number of hydrogen-bond donors (Lipinski definition) is 3. The zero-order chi connectivity index (χ0) is 21.1. The molecule has 0 radical (unpaired) electrons. The first kappa shape index (κ1) is 19.4. The smallest absolute Gasteiger partial charge is 0.269 e. The lowest BCUT2D eigenvalue weighted by atomic mass is 10.0. The minimum Gasteiger partial charge on any atom is -0.394 e. The van der Waals surface area contributed by atoms with Gasteiger partial charge in [-0.15, -0.1) is 0 Å². The molecule has 2 aromatic carbocycles. The van der Waals surface area contributed by atoms with Gasteiger partial charge in [0.1, 0.15) is 18.2 Å². The molecule has 0 amide bonds. The Kier molecular flexibility index (Phi) is 5.33. The molecule has 0 bridgehead atoms. The Morgan fingerprint density at radius 2 is 1.83 bits per heavy atom. The molecule has 30 heavy (non-hydrogen) atoms. The van der Waals surface area contributed by atoms with E-state index in [2.05, 4.69) is 20.4 Å². The number of anilines is 1. The highest BCUT2D eigenvalue weighted by Crippen LogP contribution is 2.26. The van der Waals surface area contributed by atoms with E-state index >= 15 is 0 Å². The summed E-state index contributed by atoms with van der Waals surface area (Å²) in [4.78, 5) is 18.8. The van der Waals surface area contributed by atoms with Crippen molar-refractivity contribution in [2.24, 2.45) is 0 Å². The van der Waals surface area contributed by atoms with E-state index in [9.17, 15) is 20.3 Å². The first-order chi connectivity index (χ1) is 14.6. The summed E-state index contributed by atoms with van der Waals surface area (Å²) in [5.74, 6) is 0.405. The minimum absolute atomic E-state index is 0.0784. The van der Waals surface area contributed by atoms with Crippen molar-refractivity contribution in [3.63, 3.8) is 0 Å². The first-order valence-electron chi connectivity index (χ1n) is 9.12. The zero-order valence-corrected chi connectivity index (χ0v) is 15.7. The number of aliphatic hydroxyl groups is 2. The Hall–Kier alpha value is -3.89. The molecule has 0 aliphatic carbocycles. The van der Waals surface area contributed by atoms with Gasteiger partial charge in [0.25, 0.3) is 5.69 Å². The lowest BCUT2D eigenvalue weighted by Gasteiger charge is -2.23. The van der Waals surface area contributed by atoms with Crippen LogP contribution in [0.2, 0.25) is 0 Å². The van der Waals surface area contributed by atoms with Crippen LogP contribution in [0.15, 0.2) is 67.1 Å². The second kappa shape index (κ2) is 8.23. The van der Waals surface area contributed by atoms with E-state index in [0.29, 0.717) is 22.4 Å². The quantitative estimate of drug-likeness (QED) is 0.314. The van der Waals surface area contributed by atoms with Gasteiger partial charge >= 0.3 is 0 Å². The van der Waals surface area contributed by atoms with Crippen molar-refractivity contribution in [2.75, 3.05) is 11.9 Å². The summed E-state index contributed by atoms with van der Waals surface area (Å²) < 4.78 is 1.67. The number of para-hydroxylation sites is 1. The molecule has 4 rings (SSSR count). The minimum atomic E-state index is -1.12. The van der Waals surface area contributed by atoms with Crippen LogP contribution in [0.5, 0.6) is 0 Å². The molecule has 0 saturated heterocycles. The summed E-state index contributed by atoms with van der Waals surface area (Å²) in [5, 5.41) is 39.3. The first-order valence-corrected chi connectivity index (χ1v) is 9.12. The Morgan fingerprint density at radius 1 is 1.10 bits per heavy atom. The van der Waals surface area contributed by atoms with Crippen LogP contribution in [0.1, 0.15) is 11.7 Å². The van der Waals surface area contributed by atoms with Crippen LogP contribution < -0.4 is 5.32 Å². The van der Waals surface area contributed by atoms with Crippen LogP contribution in [-0.4, -0.2) is 47.5 Å². The molecule has 0 unspecified atom stereocenters. The average molecular weight is 406 g/mol. The van der Waals surface area contributed by atoms with Crippen molar-refractivity contribution in [1.29, 1.82) is 0 Å². The maximum atomic E-state index is 10.8. The Bertz CT molecular complexity index is 1160. The third kappa shape index (κ3) is 3.69. The summed E-state index contributed by atoms with van der Waals surface area (Å²) in [6.45, 7) is -0.392. The standard InChI is InChI=1S/C20H18N6O4/c27-11-17(18(28)13-6-8-15(9-7-13)26(29)30)24-19-16-10-23-25(20(16)22-12-21-19)14-4-2-1-3-5-14/h1-10,12,17-18,27-28H,11H2,(H,21,22,24)/t17-,18+/m0/s1. The topological polar surface area (TPSA) is 139 Å². The summed E-state index contributed by atoms with van der Waals surface area (Å²) in [6.07, 6.45) is 1.86. The van der Waals surface area contributed by atoms with Crippen LogP contribution in [0, 0.1) is 10.1 Å². The largest absolute Gasteiger partial charge is 0.394 e. The van der Waals surface area contributed by atoms with E-state index < -0.39 is 23.7 Å². The maximum Gasteiger partial charge on any atom is 0.269 e. The van der Waals surface area contributed by atoms with Gasteiger partial charge in [0, 0.05) is 12.1 Å². The molecule has 0 fully saturated rings. The van der Waals surface area contributed by atoms with Gasteiger partial charge in [-0.2, -0.15) is 5.10 Å². The third-order valence-corrected chi connectivity index (χ3v) is 4.71. The molecular formula is C20H18N6O4. The van der Waals surface area contributed by atoms with Gasteiger partial charge in [0.15, 0.2) is 5.65 Å². The van der Waals surface area contributed by atoms with Gasteiger partial charge in [-0.25, -0.2) is 14.6 Å². The van der Waals surface area contributed by atoms with Crippen LogP contribution in [0.4, 0.5) is 11.5 Å². The van der Waals surface area contributed by atoms with Crippen molar-refractivity contribution in [3.8, 4) is 5.69 Å². The molecule has 4 aromatic rings. The van der Waals surface area contributed by atoms with E-state index in [4.69, 9.17) is 0 Å². The van der Waals surface area contributed by atoms with Crippen LogP contribution in [-0.2, 0) is 0 Å². The van der Waals surface area contributed by atoms with Gasteiger partial charge < -0.3 is 15.5 Å². The van der Waals surface area contributed by atoms with Crippen molar-refractivity contribution >= 4 is 22.5 Å². The van der Waals surface area contributed by atoms with E-state index in [1.54, 1.807) is 10.9 Å². The second-order valence-corrected chi connectivity index (χ2v) is 6.58. The number of hydrogen-bond acceptors (Lipinski definition) is 8. The number of fused-ring (bicyclic) bond motifs is 1. The SMILES string of the molecule is O=[N+]([O-])c1ccc([C@@H](O)[C@H](CO)Nc2ncnc3c2cnn3-c2ccccc2)cc1. The lowest BCUT2D eigenvalue weighted by Crippen LogP contribution is -2.31. The highest BCUT2D eigenvalue weighted by molar-refractivity contribution is 5.87. The Morgan fingerprint density at radius 3 is 2.50 bits per heavy atom. The number of benzene rings is 2. The molecule has 3 N–H and O–H groups in total. The van der Waals surface area contributed by atoms with Gasteiger partial charge in [0.05, 0.1) is 34.8 Å². The molecule has 152 valence electrons. The normalized spacial score (nSPS) is 13.1. The van der Waals surface area contributed by atoms with Crippen molar-refractivity contribution in [1.82, 2.24) is 19.7 Å². The van der Waals surface area contributed by atoms with Crippen molar-refractivity contribution in [3.05, 3.63) is 82.8 Å². The highest BCUT2D eigenvalue weighted by Gasteiger charge is 2.23. The fraction of sp³-hybridized carbons (Fsp3) is 0.150. The van der Waals surface area contributed by atoms with E-state index in [0.717, 1.165) is 5.69 Å². The molecule has 10 nitrogen and oxygen atoms in total. The molecular weight excluding hydrogens is 388 g/mol. The lowest BCUT2D eigenvalue weighted by molar-refractivity contribution is -0.384. The second-order valence-electron chi connectivity index (χ2n) is 6.58. The van der Waals surface area contributed by atoms with Gasteiger partial charge in [-0.1, -0.05) is 18.2 Å². The monoisotopic (exact) mass is 406 g/mol. The number of aliphatic hydroxyl groups excluding tert-OH is 2. The number of nitrogens with zero attached hydrogens (tertiary/aromatic N) is 5. The molecule has 2 aromatic heterocycles. The van der Waals surface area contributed by atoms with Crippen molar-refractivity contribution < 1.29 is 15.1 Å². The van der Waals surface area contributed by atoms with Gasteiger partial charge in [-0.05, 0) is 29.8 Å². The number of non-ortho nitro benzene ring substituents is 1. The molecule has 0 saturated carbocycles. The van der Waals surface area contributed by atoms with Crippen LogP contribution in [0.3, 0.4) is 0 Å². The molecule has 2 atom stereocenters. The molecule has 0 spiro atoms. The molecule has 0 aliphatic heterocycles. The summed E-state index contributed by atoms with van der Waals surface area (Å²) in [6, 6.07) is 14.2. The number of nitro groups is 1. The van der Waals surface area contributed by atoms with Crippen LogP contribution >= 0.6 is 0 Å². The van der Waals surface area contributed by atoms with Crippen LogP contribution in [0.25, 0.3) is 16.7 Å². The fourth-order valence-electron chi connectivity index (χ4n) is 3.14. The predicted molar refractivity (Wildman–Crippen MR) is 109 cm³/mol. The number of nitrogens with one attached hydrogen (secondary N) is 1. The van der Waals surface area contributed by atoms with Gasteiger partial charge in [0.2, 0.25) is 0 Å². The summed E-state index contributed by atoms with van der Waals surface area (Å²) in [5.41, 5.74) is 1.75. The average Bonchev–Trinajstić information content (AvgIpc) is 3.22. The molecule has 0 aliphatic rings. The summed E-state index contributed by atoms with van der Waals surface area (Å²) in [7, 11) is 0. The third-order valence-electron chi connectivity index (χ3n) is 4.71. The van der Waals surface area contributed by atoms with E-state index in [1.165, 1.54) is 30.6 Å². The molecule has 10 heteroatoms. The van der Waals surface area contributed by atoms with Crippen molar-refractivity contribution in [2.45, 2.75) is 12.1 Å². The fourth-order valence-corrected chi connectivity index (χ4v) is 3.14. The van der Waals surface area contributed by atoms with E-state index in [1.807, 2.05) is 30.3 Å².